The molecular formula is C11H20F5N. The molecule has 0 aromatic carbocycles. The third-order valence-electron chi connectivity index (χ3n) is 2.58. The van der Waals surface area contributed by atoms with E-state index >= 15 is 0 Å². The Kier molecular flexibility index (Phi) is 7.66. The molecule has 0 aromatic heterocycles. The molecule has 17 heavy (non-hydrogen) atoms. The van der Waals surface area contributed by atoms with Gasteiger partial charge in [-0.25, -0.2) is 0 Å². The summed E-state index contributed by atoms with van der Waals surface area (Å²) in [5.74, 6) is -4.53. The molecule has 6 heteroatoms. The average molecular weight is 261 g/mol. The topological polar surface area (TPSA) is 12.0 Å². The van der Waals surface area contributed by atoms with Crippen LogP contribution in [0.1, 0.15) is 44.9 Å². The Bertz CT molecular complexity index is 191. The lowest BCUT2D eigenvalue weighted by molar-refractivity contribution is -0.284. The van der Waals surface area contributed by atoms with Crippen LogP contribution in [-0.2, 0) is 0 Å². The summed E-state index contributed by atoms with van der Waals surface area (Å²) in [4.78, 5) is 0. The highest BCUT2D eigenvalue weighted by Crippen LogP contribution is 2.39. The van der Waals surface area contributed by atoms with E-state index in [1.807, 2.05) is 7.05 Å². The van der Waals surface area contributed by atoms with Crippen molar-refractivity contribution in [1.82, 2.24) is 5.32 Å². The molecule has 0 amide bonds. The van der Waals surface area contributed by atoms with Crippen LogP contribution in [0, 0.1) is 0 Å². The maximum atomic E-state index is 12.5. The Morgan fingerprint density at radius 2 is 1.24 bits per heavy atom. The van der Waals surface area contributed by atoms with Crippen molar-refractivity contribution in [3.05, 3.63) is 0 Å². The Morgan fingerprint density at radius 1 is 0.765 bits per heavy atom. The second kappa shape index (κ2) is 7.84. The number of rotatable bonds is 9. The molecule has 0 atom stereocenters. The van der Waals surface area contributed by atoms with E-state index in [0.29, 0.717) is 6.42 Å². The van der Waals surface area contributed by atoms with Crippen LogP contribution in [0.25, 0.3) is 0 Å². The standard InChI is InChI=1S/C11H20F5N/c1-17-9-7-5-3-2-4-6-8-10(12,13)11(14,15)16/h17H,2-9H2,1H3. The van der Waals surface area contributed by atoms with Crippen molar-refractivity contribution in [1.29, 1.82) is 0 Å². The van der Waals surface area contributed by atoms with Crippen molar-refractivity contribution in [2.75, 3.05) is 13.6 Å². The Hall–Kier alpha value is -0.390. The highest BCUT2D eigenvalue weighted by molar-refractivity contribution is 4.75. The highest BCUT2D eigenvalue weighted by Gasteiger charge is 2.56. The molecule has 0 aliphatic carbocycles. The van der Waals surface area contributed by atoms with Crippen LogP contribution in [0.15, 0.2) is 0 Å². The smallest absolute Gasteiger partial charge is 0.320 e. The molecule has 0 aliphatic rings. The van der Waals surface area contributed by atoms with E-state index < -0.39 is 18.5 Å². The maximum absolute atomic E-state index is 12.5. The van der Waals surface area contributed by atoms with Gasteiger partial charge in [0.25, 0.3) is 0 Å². The van der Waals surface area contributed by atoms with E-state index in [4.69, 9.17) is 0 Å². The minimum absolute atomic E-state index is 0.0709. The molecule has 0 fully saturated rings. The van der Waals surface area contributed by atoms with Crippen molar-refractivity contribution in [2.45, 2.75) is 57.0 Å². The molecule has 104 valence electrons. The predicted molar refractivity (Wildman–Crippen MR) is 57.2 cm³/mol. The fourth-order valence-corrected chi connectivity index (χ4v) is 1.50. The van der Waals surface area contributed by atoms with E-state index in [2.05, 4.69) is 5.32 Å². The van der Waals surface area contributed by atoms with Crippen LogP contribution >= 0.6 is 0 Å². The van der Waals surface area contributed by atoms with Crippen molar-refractivity contribution < 1.29 is 22.0 Å². The summed E-state index contributed by atoms with van der Waals surface area (Å²) in [6.45, 7) is 0.909. The summed E-state index contributed by atoms with van der Waals surface area (Å²) >= 11 is 0. The van der Waals surface area contributed by atoms with E-state index in [9.17, 15) is 22.0 Å². The van der Waals surface area contributed by atoms with E-state index in [1.165, 1.54) is 0 Å². The van der Waals surface area contributed by atoms with Gasteiger partial charge in [-0.1, -0.05) is 25.7 Å². The largest absolute Gasteiger partial charge is 0.453 e. The number of alkyl halides is 5. The number of halogens is 5. The van der Waals surface area contributed by atoms with Gasteiger partial charge in [-0.3, -0.25) is 0 Å². The van der Waals surface area contributed by atoms with Crippen LogP contribution in [0.2, 0.25) is 0 Å². The van der Waals surface area contributed by atoms with Crippen LogP contribution in [0.3, 0.4) is 0 Å². The van der Waals surface area contributed by atoms with Crippen molar-refractivity contribution in [3.63, 3.8) is 0 Å². The minimum atomic E-state index is -5.40. The Morgan fingerprint density at radius 3 is 1.71 bits per heavy atom. The minimum Gasteiger partial charge on any atom is -0.320 e. The van der Waals surface area contributed by atoms with Crippen molar-refractivity contribution in [2.24, 2.45) is 0 Å². The first-order chi connectivity index (χ1) is 7.81. The molecule has 0 bridgehead atoms. The Balaban J connectivity index is 3.46. The Labute approximate surface area is 98.8 Å². The fraction of sp³-hybridized carbons (Fsp3) is 1.00. The summed E-state index contributed by atoms with van der Waals surface area (Å²) in [5.41, 5.74) is 0. The quantitative estimate of drug-likeness (QED) is 0.486. The third-order valence-corrected chi connectivity index (χ3v) is 2.58. The average Bonchev–Trinajstić information content (AvgIpc) is 2.20. The fourth-order valence-electron chi connectivity index (χ4n) is 1.50. The second-order valence-electron chi connectivity index (χ2n) is 4.18. The molecule has 1 nitrogen and oxygen atoms in total. The molecule has 0 radical (unpaired) electrons. The molecule has 0 heterocycles. The molecule has 0 aliphatic heterocycles. The second-order valence-corrected chi connectivity index (χ2v) is 4.18. The molecule has 0 aromatic rings. The SMILES string of the molecule is CNCCCCCCCCC(F)(F)C(F)(F)F. The van der Waals surface area contributed by atoms with Crippen LogP contribution in [0.5, 0.6) is 0 Å². The molecular weight excluding hydrogens is 241 g/mol. The van der Waals surface area contributed by atoms with Gasteiger partial charge in [-0.2, -0.15) is 22.0 Å². The first-order valence-electron chi connectivity index (χ1n) is 5.90. The summed E-state index contributed by atoms with van der Waals surface area (Å²) < 4.78 is 60.3. The van der Waals surface area contributed by atoms with Crippen molar-refractivity contribution in [3.8, 4) is 0 Å². The summed E-state index contributed by atoms with van der Waals surface area (Å²) in [6.07, 6.45) is -2.53. The molecule has 0 saturated heterocycles. The lowest BCUT2D eigenvalue weighted by Crippen LogP contribution is -2.36. The van der Waals surface area contributed by atoms with Crippen LogP contribution in [0.4, 0.5) is 22.0 Å². The van der Waals surface area contributed by atoms with Gasteiger partial charge in [0.1, 0.15) is 0 Å². The molecule has 1 N–H and O–H groups in total. The first-order valence-corrected chi connectivity index (χ1v) is 5.90. The number of unbranched alkanes of at least 4 members (excludes halogenated alkanes) is 5. The first kappa shape index (κ1) is 16.6. The zero-order valence-electron chi connectivity index (χ0n) is 10.0. The van der Waals surface area contributed by atoms with Gasteiger partial charge >= 0.3 is 12.1 Å². The van der Waals surface area contributed by atoms with E-state index in [-0.39, 0.29) is 6.42 Å². The van der Waals surface area contributed by atoms with Crippen LogP contribution in [-0.4, -0.2) is 25.7 Å². The monoisotopic (exact) mass is 261 g/mol. The van der Waals surface area contributed by atoms with Crippen molar-refractivity contribution >= 4 is 0 Å². The lowest BCUT2D eigenvalue weighted by atomic mass is 10.1. The summed E-state index contributed by atoms with van der Waals surface area (Å²) in [6, 6.07) is 0. The lowest BCUT2D eigenvalue weighted by Gasteiger charge is -2.19. The number of hydrogen-bond donors (Lipinski definition) is 1. The van der Waals surface area contributed by atoms with E-state index in [1.54, 1.807) is 0 Å². The number of nitrogens with one attached hydrogen (secondary N) is 1. The highest BCUT2D eigenvalue weighted by atomic mass is 19.4. The summed E-state index contributed by atoms with van der Waals surface area (Å²) in [5, 5.41) is 2.98. The van der Waals surface area contributed by atoms with Crippen LogP contribution < -0.4 is 5.32 Å². The number of hydrogen-bond acceptors (Lipinski definition) is 1. The van der Waals surface area contributed by atoms with Gasteiger partial charge in [-0.15, -0.1) is 0 Å². The van der Waals surface area contributed by atoms with Gasteiger partial charge in [0.15, 0.2) is 0 Å². The van der Waals surface area contributed by atoms with Gasteiger partial charge in [0, 0.05) is 6.42 Å². The third kappa shape index (κ3) is 7.52. The van der Waals surface area contributed by atoms with E-state index in [0.717, 1.165) is 32.2 Å². The normalized spacial score (nSPS) is 13.1. The van der Waals surface area contributed by atoms with Gasteiger partial charge in [0.2, 0.25) is 0 Å². The van der Waals surface area contributed by atoms with Gasteiger partial charge < -0.3 is 5.32 Å². The zero-order valence-corrected chi connectivity index (χ0v) is 10.0. The predicted octanol–water partition coefficient (Wildman–Crippen LogP) is 4.13. The summed E-state index contributed by atoms with van der Waals surface area (Å²) in [7, 11) is 1.85. The molecule has 0 spiro atoms. The molecule has 0 unspecified atom stereocenters. The maximum Gasteiger partial charge on any atom is 0.453 e. The van der Waals surface area contributed by atoms with Gasteiger partial charge in [0.05, 0.1) is 0 Å². The molecule has 0 saturated carbocycles. The van der Waals surface area contributed by atoms with Gasteiger partial charge in [-0.05, 0) is 26.4 Å². The molecule has 0 rings (SSSR count). The zero-order chi connectivity index (χ0) is 13.4.